The largest absolute Gasteiger partial charge is 0.398 e. The molecule has 2 rings (SSSR count). The third-order valence-corrected chi connectivity index (χ3v) is 5.60. The first-order chi connectivity index (χ1) is 8.60. The van der Waals surface area contributed by atoms with Gasteiger partial charge in [0.1, 0.15) is 0 Å². The van der Waals surface area contributed by atoms with E-state index in [-0.39, 0.29) is 0 Å². The number of hydrogen-bond donors (Lipinski definition) is 1. The number of nitrogen functional groups attached to an aromatic ring is 1. The first-order valence-corrected chi connectivity index (χ1v) is 8.05. The third kappa shape index (κ3) is 3.00. The van der Waals surface area contributed by atoms with Crippen LogP contribution in [0.4, 0.5) is 5.69 Å². The number of anilines is 1. The van der Waals surface area contributed by atoms with E-state index in [2.05, 4.69) is 19.1 Å². The Morgan fingerprint density at radius 3 is 2.56 bits per heavy atom. The number of thiophene rings is 1. The normalized spacial score (nSPS) is 12.6. The van der Waals surface area contributed by atoms with Gasteiger partial charge in [-0.3, -0.25) is 4.21 Å². The molecule has 1 unspecified atom stereocenters. The summed E-state index contributed by atoms with van der Waals surface area (Å²) in [6, 6.07) is 9.87. The quantitative estimate of drug-likeness (QED) is 0.870. The third-order valence-electron chi connectivity index (χ3n) is 2.75. The Morgan fingerprint density at radius 1 is 1.22 bits per heavy atom. The zero-order valence-corrected chi connectivity index (χ0v) is 12.2. The lowest BCUT2D eigenvalue weighted by atomic mass is 10.2. The highest BCUT2D eigenvalue weighted by Crippen LogP contribution is 2.24. The zero-order chi connectivity index (χ0) is 13.1. The molecule has 1 aromatic carbocycles. The Kier molecular flexibility index (Phi) is 4.19. The Bertz CT molecular complexity index is 575. The SMILES string of the molecule is CCc1ccc(CS(=O)c2ccc(C)cc2N)s1. The average molecular weight is 279 g/mol. The van der Waals surface area contributed by atoms with Crippen LogP contribution in [-0.4, -0.2) is 4.21 Å². The molecule has 4 heteroatoms. The van der Waals surface area contributed by atoms with E-state index in [1.54, 1.807) is 11.3 Å². The van der Waals surface area contributed by atoms with Crippen LogP contribution in [0.2, 0.25) is 0 Å². The van der Waals surface area contributed by atoms with Crippen LogP contribution in [0.25, 0.3) is 0 Å². The molecule has 1 aromatic heterocycles. The van der Waals surface area contributed by atoms with Crippen LogP contribution < -0.4 is 5.73 Å². The van der Waals surface area contributed by atoms with E-state index >= 15 is 0 Å². The summed E-state index contributed by atoms with van der Waals surface area (Å²) in [6.07, 6.45) is 1.03. The lowest BCUT2D eigenvalue weighted by molar-refractivity contribution is 0.683. The van der Waals surface area contributed by atoms with Gasteiger partial charge in [-0.05, 0) is 43.2 Å². The average Bonchev–Trinajstić information content (AvgIpc) is 2.76. The van der Waals surface area contributed by atoms with Crippen LogP contribution in [0.1, 0.15) is 22.2 Å². The summed E-state index contributed by atoms with van der Waals surface area (Å²) >= 11 is 1.73. The Morgan fingerprint density at radius 2 is 1.94 bits per heavy atom. The van der Waals surface area contributed by atoms with Gasteiger partial charge in [0.15, 0.2) is 0 Å². The van der Waals surface area contributed by atoms with Crippen LogP contribution in [-0.2, 0) is 23.0 Å². The molecular weight excluding hydrogens is 262 g/mol. The topological polar surface area (TPSA) is 43.1 Å². The maximum atomic E-state index is 12.3. The van der Waals surface area contributed by atoms with Crippen molar-refractivity contribution in [3.05, 3.63) is 45.6 Å². The second kappa shape index (κ2) is 5.67. The van der Waals surface area contributed by atoms with Crippen molar-refractivity contribution in [3.8, 4) is 0 Å². The summed E-state index contributed by atoms with van der Waals surface area (Å²) in [5.74, 6) is 0.553. The monoisotopic (exact) mass is 279 g/mol. The van der Waals surface area contributed by atoms with E-state index in [1.807, 2.05) is 25.1 Å². The molecule has 2 N–H and O–H groups in total. The minimum Gasteiger partial charge on any atom is -0.398 e. The molecule has 1 atom stereocenters. The van der Waals surface area contributed by atoms with E-state index in [0.29, 0.717) is 11.4 Å². The smallest absolute Gasteiger partial charge is 0.0627 e. The molecule has 0 aliphatic rings. The molecule has 0 amide bonds. The van der Waals surface area contributed by atoms with Gasteiger partial charge in [0.25, 0.3) is 0 Å². The molecule has 0 aliphatic heterocycles. The summed E-state index contributed by atoms with van der Waals surface area (Å²) in [7, 11) is -1.06. The fraction of sp³-hybridized carbons (Fsp3) is 0.286. The summed E-state index contributed by atoms with van der Waals surface area (Å²) in [6.45, 7) is 4.11. The molecule has 0 saturated carbocycles. The molecular formula is C14H17NOS2. The summed E-state index contributed by atoms with van der Waals surface area (Å²) in [5, 5.41) is 0. The van der Waals surface area contributed by atoms with Crippen LogP contribution in [0.5, 0.6) is 0 Å². The zero-order valence-electron chi connectivity index (χ0n) is 10.6. The van der Waals surface area contributed by atoms with Gasteiger partial charge in [0.05, 0.1) is 21.4 Å². The molecule has 18 heavy (non-hydrogen) atoms. The van der Waals surface area contributed by atoms with Gasteiger partial charge in [-0.2, -0.15) is 0 Å². The molecule has 2 nitrogen and oxygen atoms in total. The maximum Gasteiger partial charge on any atom is 0.0627 e. The Labute approximate surface area is 114 Å². The predicted molar refractivity (Wildman–Crippen MR) is 79.4 cm³/mol. The van der Waals surface area contributed by atoms with Crippen molar-refractivity contribution in [1.82, 2.24) is 0 Å². The summed E-state index contributed by atoms with van der Waals surface area (Å²) in [5.41, 5.74) is 7.64. The van der Waals surface area contributed by atoms with Crippen molar-refractivity contribution in [3.63, 3.8) is 0 Å². The van der Waals surface area contributed by atoms with E-state index in [4.69, 9.17) is 5.73 Å². The number of rotatable bonds is 4. The van der Waals surface area contributed by atoms with Crippen molar-refractivity contribution in [1.29, 1.82) is 0 Å². The standard InChI is InChI=1S/C14H17NOS2/c1-3-11-5-6-12(17-11)9-18(16)14-7-4-10(2)8-13(14)15/h4-8H,3,9,15H2,1-2H3. The van der Waals surface area contributed by atoms with Crippen molar-refractivity contribution in [2.24, 2.45) is 0 Å². The summed E-state index contributed by atoms with van der Waals surface area (Å²) in [4.78, 5) is 3.23. The molecule has 0 fully saturated rings. The predicted octanol–water partition coefficient (Wildman–Crippen LogP) is 3.51. The highest BCUT2D eigenvalue weighted by molar-refractivity contribution is 7.84. The molecule has 1 heterocycles. The van der Waals surface area contributed by atoms with Gasteiger partial charge in [-0.15, -0.1) is 11.3 Å². The van der Waals surface area contributed by atoms with Crippen molar-refractivity contribution in [2.75, 3.05) is 5.73 Å². The fourth-order valence-corrected chi connectivity index (χ4v) is 4.13. The minimum atomic E-state index is -1.06. The lowest BCUT2D eigenvalue weighted by Crippen LogP contribution is -2.00. The van der Waals surface area contributed by atoms with E-state index in [1.165, 1.54) is 4.88 Å². The van der Waals surface area contributed by atoms with E-state index in [9.17, 15) is 4.21 Å². The molecule has 0 spiro atoms. The maximum absolute atomic E-state index is 12.3. The highest BCUT2D eigenvalue weighted by atomic mass is 32.2. The molecule has 2 aromatic rings. The first kappa shape index (κ1) is 13.3. The van der Waals surface area contributed by atoms with Crippen molar-refractivity contribution in [2.45, 2.75) is 30.9 Å². The summed E-state index contributed by atoms with van der Waals surface area (Å²) < 4.78 is 12.3. The Balaban J connectivity index is 2.16. The van der Waals surface area contributed by atoms with Crippen LogP contribution >= 0.6 is 11.3 Å². The number of aryl methyl sites for hydroxylation is 2. The van der Waals surface area contributed by atoms with Gasteiger partial charge in [-0.1, -0.05) is 13.0 Å². The molecule has 96 valence electrons. The van der Waals surface area contributed by atoms with Crippen LogP contribution in [0, 0.1) is 6.92 Å². The van der Waals surface area contributed by atoms with Gasteiger partial charge in [0.2, 0.25) is 0 Å². The lowest BCUT2D eigenvalue weighted by Gasteiger charge is -2.05. The molecule has 0 bridgehead atoms. The van der Waals surface area contributed by atoms with Crippen LogP contribution in [0.15, 0.2) is 35.2 Å². The molecule has 0 radical (unpaired) electrons. The van der Waals surface area contributed by atoms with Gasteiger partial charge < -0.3 is 5.73 Å². The minimum absolute atomic E-state index is 0.553. The second-order valence-corrected chi connectivity index (χ2v) is 6.93. The van der Waals surface area contributed by atoms with Crippen molar-refractivity contribution < 1.29 is 4.21 Å². The highest BCUT2D eigenvalue weighted by Gasteiger charge is 2.10. The number of nitrogens with two attached hydrogens (primary N) is 1. The van der Waals surface area contributed by atoms with Gasteiger partial charge in [-0.25, -0.2) is 0 Å². The fourth-order valence-electron chi connectivity index (χ4n) is 1.77. The van der Waals surface area contributed by atoms with E-state index in [0.717, 1.165) is 21.8 Å². The van der Waals surface area contributed by atoms with Crippen LogP contribution in [0.3, 0.4) is 0 Å². The number of hydrogen-bond acceptors (Lipinski definition) is 3. The molecule has 0 saturated heterocycles. The Hall–Kier alpha value is -1.13. The second-order valence-electron chi connectivity index (χ2n) is 4.25. The molecule has 0 aliphatic carbocycles. The van der Waals surface area contributed by atoms with Gasteiger partial charge >= 0.3 is 0 Å². The van der Waals surface area contributed by atoms with Gasteiger partial charge in [0, 0.05) is 15.4 Å². The van der Waals surface area contributed by atoms with E-state index < -0.39 is 10.8 Å². The first-order valence-electron chi connectivity index (χ1n) is 5.92. The number of benzene rings is 1. The van der Waals surface area contributed by atoms with Crippen molar-refractivity contribution >= 4 is 27.8 Å².